The van der Waals surface area contributed by atoms with Crippen molar-refractivity contribution in [3.63, 3.8) is 0 Å². The van der Waals surface area contributed by atoms with Gasteiger partial charge in [0.1, 0.15) is 0 Å². The molecule has 0 unspecified atom stereocenters. The second-order valence-electron chi connectivity index (χ2n) is 0.957. The number of hydrogen-bond donors (Lipinski definition) is 0. The molecule has 0 saturated heterocycles. The Kier molecular flexibility index (Phi) is 13.8. The summed E-state index contributed by atoms with van der Waals surface area (Å²) in [6.45, 7) is 5.58. The average Bonchev–Trinajstić information content (AvgIpc) is 1.61. The van der Waals surface area contributed by atoms with Crippen LogP contribution >= 0.6 is 0 Å². The molecular formula is C6H9Li. The van der Waals surface area contributed by atoms with Gasteiger partial charge in [0.25, 0.3) is 0 Å². The first kappa shape index (κ1) is 10.2. The molecule has 0 fully saturated rings. The van der Waals surface area contributed by atoms with E-state index in [-0.39, 0.29) is 18.9 Å². The maximum absolute atomic E-state index is 3.55. The smallest absolute Gasteiger partial charge is 0.332 e. The minimum absolute atomic E-state index is 0. The summed E-state index contributed by atoms with van der Waals surface area (Å²) in [6, 6.07) is 0. The van der Waals surface area contributed by atoms with Crippen LogP contribution < -0.4 is 18.9 Å². The summed E-state index contributed by atoms with van der Waals surface area (Å²) >= 11 is 0. The molecule has 0 bridgehead atoms. The van der Waals surface area contributed by atoms with Gasteiger partial charge in [0.2, 0.25) is 0 Å². The first-order chi connectivity index (χ1) is 2.91. The van der Waals surface area contributed by atoms with E-state index in [1.807, 2.05) is 6.92 Å². The van der Waals surface area contributed by atoms with Crippen molar-refractivity contribution in [1.82, 2.24) is 0 Å². The van der Waals surface area contributed by atoms with Gasteiger partial charge in [-0.2, -0.15) is 0 Å². The molecule has 0 aliphatic carbocycles. The topological polar surface area (TPSA) is 0 Å². The van der Waals surface area contributed by atoms with Gasteiger partial charge in [-0.3, -0.25) is 0 Å². The minimum atomic E-state index is 0. The number of rotatable bonds is 0. The Hall–Kier alpha value is 0.157. The van der Waals surface area contributed by atoms with Crippen molar-refractivity contribution in [2.75, 3.05) is 0 Å². The summed E-state index contributed by atoms with van der Waals surface area (Å²) in [4.78, 5) is 0. The Morgan fingerprint density at radius 1 is 1.43 bits per heavy atom. The van der Waals surface area contributed by atoms with Crippen molar-refractivity contribution < 1.29 is 18.9 Å². The van der Waals surface area contributed by atoms with Crippen molar-refractivity contribution in [3.05, 3.63) is 6.92 Å². The Bertz CT molecular complexity index is 58.0. The summed E-state index contributed by atoms with van der Waals surface area (Å²) in [7, 11) is 0. The van der Waals surface area contributed by atoms with E-state index in [0.717, 1.165) is 12.8 Å². The summed E-state index contributed by atoms with van der Waals surface area (Å²) in [6.07, 6.45) is 1.70. The van der Waals surface area contributed by atoms with Crippen LogP contribution in [-0.2, 0) is 0 Å². The second kappa shape index (κ2) is 9.48. The fourth-order valence-corrected chi connectivity index (χ4v) is 0.213. The van der Waals surface area contributed by atoms with E-state index in [4.69, 9.17) is 0 Å². The molecule has 0 N–H and O–H groups in total. The molecule has 0 radical (unpaired) electrons. The van der Waals surface area contributed by atoms with Gasteiger partial charge < -0.3 is 6.92 Å². The zero-order valence-corrected chi connectivity index (χ0v) is 5.12. The SMILES string of the molecule is [CH2-]CC#CCC.[Li+]. The molecule has 0 amide bonds. The summed E-state index contributed by atoms with van der Waals surface area (Å²) in [5.41, 5.74) is 0. The molecule has 0 nitrogen and oxygen atoms in total. The molecule has 0 aliphatic heterocycles. The molecule has 7 heavy (non-hydrogen) atoms. The van der Waals surface area contributed by atoms with Crippen LogP contribution in [0.5, 0.6) is 0 Å². The molecule has 0 aromatic carbocycles. The molecule has 34 valence electrons. The van der Waals surface area contributed by atoms with Gasteiger partial charge in [0.05, 0.1) is 0 Å². The second-order valence-corrected chi connectivity index (χ2v) is 0.957. The molecule has 0 atom stereocenters. The van der Waals surface area contributed by atoms with Crippen molar-refractivity contribution >= 4 is 0 Å². The Morgan fingerprint density at radius 2 is 2.00 bits per heavy atom. The predicted octanol–water partition coefficient (Wildman–Crippen LogP) is -1.37. The molecule has 0 aromatic heterocycles. The van der Waals surface area contributed by atoms with E-state index in [1.165, 1.54) is 0 Å². The van der Waals surface area contributed by atoms with Crippen LogP contribution in [0.3, 0.4) is 0 Å². The van der Waals surface area contributed by atoms with Gasteiger partial charge in [-0.05, 0) is 0 Å². The molecule has 0 aromatic rings. The fourth-order valence-electron chi connectivity index (χ4n) is 0.213. The quantitative estimate of drug-likeness (QED) is 0.195. The van der Waals surface area contributed by atoms with Crippen molar-refractivity contribution in [2.24, 2.45) is 0 Å². The molecule has 0 spiro atoms. The Labute approximate surface area is 57.9 Å². The summed E-state index contributed by atoms with van der Waals surface area (Å²) in [5.74, 6) is 5.72. The van der Waals surface area contributed by atoms with Crippen LogP contribution in [0.15, 0.2) is 0 Å². The Balaban J connectivity index is 0. The molecule has 0 rings (SSSR count). The van der Waals surface area contributed by atoms with Gasteiger partial charge in [-0.15, -0.1) is 18.3 Å². The normalized spacial score (nSPS) is 5.43. The predicted molar refractivity (Wildman–Crippen MR) is 28.0 cm³/mol. The third-order valence-corrected chi connectivity index (χ3v) is 0.427. The Morgan fingerprint density at radius 3 is 2.14 bits per heavy atom. The van der Waals surface area contributed by atoms with Crippen LogP contribution in [0, 0.1) is 18.8 Å². The van der Waals surface area contributed by atoms with Crippen molar-refractivity contribution in [3.8, 4) is 11.8 Å². The molecule has 0 saturated carbocycles. The van der Waals surface area contributed by atoms with E-state index in [0.29, 0.717) is 0 Å². The fraction of sp³-hybridized carbons (Fsp3) is 0.500. The van der Waals surface area contributed by atoms with E-state index in [1.54, 1.807) is 0 Å². The van der Waals surface area contributed by atoms with E-state index in [9.17, 15) is 0 Å². The molecule has 0 aliphatic rings. The van der Waals surface area contributed by atoms with Gasteiger partial charge >= 0.3 is 18.9 Å². The van der Waals surface area contributed by atoms with Gasteiger partial charge in [-0.1, -0.05) is 6.92 Å². The zero-order valence-electron chi connectivity index (χ0n) is 5.12. The van der Waals surface area contributed by atoms with Gasteiger partial charge in [0.15, 0.2) is 0 Å². The largest absolute Gasteiger partial charge is 1.00 e. The van der Waals surface area contributed by atoms with E-state index >= 15 is 0 Å². The monoisotopic (exact) mass is 88.1 g/mol. The first-order valence-corrected chi connectivity index (χ1v) is 2.16. The van der Waals surface area contributed by atoms with E-state index in [2.05, 4.69) is 18.8 Å². The first-order valence-electron chi connectivity index (χ1n) is 2.16. The van der Waals surface area contributed by atoms with Crippen molar-refractivity contribution in [1.29, 1.82) is 0 Å². The molecule has 0 heterocycles. The molecule has 1 heteroatoms. The van der Waals surface area contributed by atoms with Crippen molar-refractivity contribution in [2.45, 2.75) is 19.8 Å². The summed E-state index contributed by atoms with van der Waals surface area (Å²) < 4.78 is 0. The summed E-state index contributed by atoms with van der Waals surface area (Å²) in [5, 5.41) is 0. The number of hydrogen-bond acceptors (Lipinski definition) is 0. The third-order valence-electron chi connectivity index (χ3n) is 0.427. The minimum Gasteiger partial charge on any atom is -0.332 e. The van der Waals surface area contributed by atoms with Crippen LogP contribution in [0.4, 0.5) is 0 Å². The van der Waals surface area contributed by atoms with Gasteiger partial charge in [0, 0.05) is 6.42 Å². The standard InChI is InChI=1S/C6H9.Li/c1-3-5-6-4-2;/h1,3-4H2,2H3;/q-1;+1. The van der Waals surface area contributed by atoms with Crippen LogP contribution in [0.25, 0.3) is 0 Å². The third kappa shape index (κ3) is 10.7. The van der Waals surface area contributed by atoms with Crippen LogP contribution in [0.1, 0.15) is 19.8 Å². The maximum Gasteiger partial charge on any atom is 1.00 e. The molecular weight excluding hydrogens is 79.0 g/mol. The average molecular weight is 88.1 g/mol. The maximum atomic E-state index is 3.55. The van der Waals surface area contributed by atoms with Gasteiger partial charge in [-0.25, -0.2) is 0 Å². The van der Waals surface area contributed by atoms with Crippen LogP contribution in [-0.4, -0.2) is 0 Å². The van der Waals surface area contributed by atoms with Crippen LogP contribution in [0.2, 0.25) is 0 Å². The van der Waals surface area contributed by atoms with E-state index < -0.39 is 0 Å². The zero-order chi connectivity index (χ0) is 4.83.